The Labute approximate surface area is 216 Å². The van der Waals surface area contributed by atoms with Crippen molar-refractivity contribution in [2.45, 2.75) is 69.5 Å². The van der Waals surface area contributed by atoms with E-state index < -0.39 is 28.7 Å². The molecule has 3 aliphatic rings. The van der Waals surface area contributed by atoms with Crippen LogP contribution in [0.1, 0.15) is 46.1 Å². The smallest absolute Gasteiger partial charge is 0.310 e. The van der Waals surface area contributed by atoms with Gasteiger partial charge in [-0.25, -0.2) is 0 Å². The Balaban J connectivity index is 1.83. The Kier molecular flexibility index (Phi) is 7.47. The van der Waals surface area contributed by atoms with Crippen LogP contribution in [-0.4, -0.2) is 63.1 Å². The molecule has 7 nitrogen and oxygen atoms in total. The van der Waals surface area contributed by atoms with E-state index in [1.54, 1.807) is 29.7 Å². The number of benzene rings is 1. The number of rotatable bonds is 8. The van der Waals surface area contributed by atoms with E-state index in [1.165, 1.54) is 0 Å². The normalized spacial score (nSPS) is 32.9. The summed E-state index contributed by atoms with van der Waals surface area (Å²) in [6, 6.07) is 4.02. The first-order valence-corrected chi connectivity index (χ1v) is 13.7. The maximum atomic E-state index is 14.1. The number of carbonyl (C=O) groups excluding carboxylic acids is 3. The first-order chi connectivity index (χ1) is 16.6. The lowest BCUT2D eigenvalue weighted by Crippen LogP contribution is -2.58. The molecule has 0 radical (unpaired) electrons. The number of anilines is 1. The zero-order valence-electron chi connectivity index (χ0n) is 20.9. The zero-order valence-corrected chi connectivity index (χ0v) is 22.5. The van der Waals surface area contributed by atoms with E-state index in [0.717, 1.165) is 18.4 Å². The summed E-state index contributed by atoms with van der Waals surface area (Å²) in [7, 11) is 0. The number of halogens is 1. The Morgan fingerprint density at radius 3 is 2.69 bits per heavy atom. The predicted molar refractivity (Wildman–Crippen MR) is 137 cm³/mol. The van der Waals surface area contributed by atoms with Gasteiger partial charge in [-0.1, -0.05) is 50.9 Å². The van der Waals surface area contributed by atoms with Gasteiger partial charge in [0.2, 0.25) is 11.8 Å². The summed E-state index contributed by atoms with van der Waals surface area (Å²) in [5.41, 5.74) is 1.33. The van der Waals surface area contributed by atoms with Crippen molar-refractivity contribution in [3.63, 3.8) is 0 Å². The van der Waals surface area contributed by atoms with Crippen LogP contribution < -0.4 is 5.32 Å². The highest BCUT2D eigenvalue weighted by Crippen LogP contribution is 2.69. The largest absolute Gasteiger partial charge is 0.466 e. The molecule has 35 heavy (non-hydrogen) atoms. The molecule has 1 spiro atoms. The number of para-hydroxylation sites is 1. The van der Waals surface area contributed by atoms with Crippen molar-refractivity contribution in [3.05, 3.63) is 28.8 Å². The van der Waals surface area contributed by atoms with Crippen LogP contribution >= 0.6 is 23.4 Å². The third kappa shape index (κ3) is 3.96. The predicted octanol–water partition coefficient (Wildman–Crippen LogP) is 3.89. The van der Waals surface area contributed by atoms with Crippen molar-refractivity contribution < 1.29 is 24.2 Å². The third-order valence-electron chi connectivity index (χ3n) is 8.31. The van der Waals surface area contributed by atoms with Crippen LogP contribution in [0.15, 0.2) is 18.2 Å². The third-order valence-corrected chi connectivity index (χ3v) is 10.7. The van der Waals surface area contributed by atoms with Crippen LogP contribution in [-0.2, 0) is 19.1 Å². The molecule has 3 saturated heterocycles. The fraction of sp³-hybridized carbons (Fsp3) is 0.654. The van der Waals surface area contributed by atoms with Crippen molar-refractivity contribution in [1.29, 1.82) is 0 Å². The molecule has 3 fully saturated rings. The van der Waals surface area contributed by atoms with E-state index in [0.29, 0.717) is 10.7 Å². The van der Waals surface area contributed by atoms with E-state index in [1.807, 2.05) is 32.9 Å². The number of esters is 1. The average Bonchev–Trinajstić information content (AvgIpc) is 3.41. The quantitative estimate of drug-likeness (QED) is 0.503. The highest BCUT2D eigenvalue weighted by atomic mass is 35.5. The van der Waals surface area contributed by atoms with Gasteiger partial charge in [0.15, 0.2) is 0 Å². The molecule has 2 amide bonds. The molecule has 1 aromatic rings. The van der Waals surface area contributed by atoms with E-state index in [-0.39, 0.29) is 48.1 Å². The average molecular weight is 523 g/mol. The van der Waals surface area contributed by atoms with E-state index in [2.05, 4.69) is 12.2 Å². The van der Waals surface area contributed by atoms with Crippen molar-refractivity contribution >= 4 is 46.8 Å². The molecular formula is C26H35ClN2O5S. The number of nitrogens with one attached hydrogen (secondary N) is 1. The molecule has 192 valence electrons. The topological polar surface area (TPSA) is 95.9 Å². The number of thioether (sulfide) groups is 1. The minimum atomic E-state index is -0.841. The minimum absolute atomic E-state index is 0.0292. The van der Waals surface area contributed by atoms with Crippen LogP contribution in [0.5, 0.6) is 0 Å². The van der Waals surface area contributed by atoms with Gasteiger partial charge in [-0.3, -0.25) is 14.4 Å². The lowest BCUT2D eigenvalue weighted by Gasteiger charge is -2.41. The molecule has 2 bridgehead atoms. The second-order valence-corrected chi connectivity index (χ2v) is 12.1. The van der Waals surface area contributed by atoms with Gasteiger partial charge in [-0.15, -0.1) is 11.8 Å². The van der Waals surface area contributed by atoms with Gasteiger partial charge in [-0.05, 0) is 43.7 Å². The SMILES string of the molecule is CCOC(=O)[C@@H]1[C@H]2C(=O)N([C@@H](CO)[C@@H](C)CC)C(C(=O)Nc3c(C)cccc3Cl)C23S[C@@H]1CC3C. The number of likely N-dealkylation sites (tertiary alicyclic amines) is 1. The number of hydrogen-bond donors (Lipinski definition) is 2. The van der Waals surface area contributed by atoms with Crippen molar-refractivity contribution in [2.75, 3.05) is 18.5 Å². The number of nitrogens with zero attached hydrogens (tertiary/aromatic N) is 1. The van der Waals surface area contributed by atoms with E-state index in [4.69, 9.17) is 16.3 Å². The second kappa shape index (κ2) is 9.94. The summed E-state index contributed by atoms with van der Waals surface area (Å²) in [5.74, 6) is -2.20. The van der Waals surface area contributed by atoms with Crippen molar-refractivity contribution in [3.8, 4) is 0 Å². The first kappa shape index (κ1) is 26.3. The first-order valence-electron chi connectivity index (χ1n) is 12.5. The molecule has 0 saturated carbocycles. The Morgan fingerprint density at radius 1 is 1.37 bits per heavy atom. The molecule has 1 aromatic carbocycles. The van der Waals surface area contributed by atoms with E-state index in [9.17, 15) is 19.5 Å². The molecule has 3 unspecified atom stereocenters. The molecule has 2 N–H and O–H groups in total. The van der Waals surface area contributed by atoms with Crippen LogP contribution in [0.4, 0.5) is 5.69 Å². The maximum Gasteiger partial charge on any atom is 0.310 e. The molecule has 3 aliphatic heterocycles. The van der Waals surface area contributed by atoms with Crippen LogP contribution in [0, 0.1) is 30.6 Å². The summed E-state index contributed by atoms with van der Waals surface area (Å²) in [6.07, 6.45) is 1.46. The lowest BCUT2D eigenvalue weighted by molar-refractivity contribution is -0.154. The van der Waals surface area contributed by atoms with Gasteiger partial charge in [0.1, 0.15) is 6.04 Å². The number of aryl methyl sites for hydroxylation is 1. The number of ether oxygens (including phenoxy) is 1. The standard InChI is InChI=1S/C26H35ClN2O5S/c1-6-13(3)17(12-30)29-22(23(31)28-21-14(4)9-8-10-16(21)27)26-15(5)11-18(35-26)19(20(26)24(29)32)25(33)34-7-2/h8-10,13,15,17-20,22,30H,6-7,11-12H2,1-5H3,(H,28,31)/t13-,15?,17-,18+,19-,20-,22?,26?/m0/s1. The number of amides is 2. The number of hydrogen-bond acceptors (Lipinski definition) is 6. The number of carbonyl (C=O) groups is 3. The van der Waals surface area contributed by atoms with Gasteiger partial charge in [0.25, 0.3) is 0 Å². The Hall–Kier alpha value is -1.77. The van der Waals surface area contributed by atoms with Crippen LogP contribution in [0.3, 0.4) is 0 Å². The summed E-state index contributed by atoms with van der Waals surface area (Å²) in [6.45, 7) is 9.64. The number of aliphatic hydroxyl groups is 1. The van der Waals surface area contributed by atoms with Gasteiger partial charge in [-0.2, -0.15) is 0 Å². The number of aliphatic hydroxyl groups excluding tert-OH is 1. The zero-order chi connectivity index (χ0) is 25.7. The molecule has 8 atom stereocenters. The minimum Gasteiger partial charge on any atom is -0.466 e. The van der Waals surface area contributed by atoms with Gasteiger partial charge in [0.05, 0.1) is 46.5 Å². The monoisotopic (exact) mass is 522 g/mol. The van der Waals surface area contributed by atoms with Crippen LogP contribution in [0.25, 0.3) is 0 Å². The summed E-state index contributed by atoms with van der Waals surface area (Å²) >= 11 is 8.01. The molecule has 0 aromatic heterocycles. The molecule has 4 rings (SSSR count). The second-order valence-electron chi connectivity index (χ2n) is 10.1. The van der Waals surface area contributed by atoms with Crippen molar-refractivity contribution in [1.82, 2.24) is 4.90 Å². The number of fused-ring (bicyclic) bond motifs is 1. The molecule has 9 heteroatoms. The molecular weight excluding hydrogens is 488 g/mol. The van der Waals surface area contributed by atoms with Gasteiger partial charge < -0.3 is 20.1 Å². The molecule has 0 aliphatic carbocycles. The Bertz CT molecular complexity index is 1000. The van der Waals surface area contributed by atoms with Gasteiger partial charge >= 0.3 is 5.97 Å². The fourth-order valence-electron chi connectivity index (χ4n) is 6.42. The van der Waals surface area contributed by atoms with Gasteiger partial charge in [0, 0.05) is 5.25 Å². The lowest BCUT2D eigenvalue weighted by atomic mass is 9.66. The highest BCUT2D eigenvalue weighted by molar-refractivity contribution is 8.02. The van der Waals surface area contributed by atoms with Crippen LogP contribution in [0.2, 0.25) is 5.02 Å². The fourth-order valence-corrected chi connectivity index (χ4v) is 9.08. The maximum absolute atomic E-state index is 14.1. The summed E-state index contributed by atoms with van der Waals surface area (Å²) < 4.78 is 4.61. The summed E-state index contributed by atoms with van der Waals surface area (Å²) in [4.78, 5) is 42.9. The van der Waals surface area contributed by atoms with Crippen molar-refractivity contribution in [2.24, 2.45) is 23.7 Å². The van der Waals surface area contributed by atoms with E-state index >= 15 is 0 Å². The molecule has 3 heterocycles. The Morgan fingerprint density at radius 2 is 2.09 bits per heavy atom. The highest BCUT2D eigenvalue weighted by Gasteiger charge is 2.77. The summed E-state index contributed by atoms with van der Waals surface area (Å²) in [5, 5.41) is 13.8.